The second kappa shape index (κ2) is 4.70. The molecule has 0 aliphatic carbocycles. The lowest BCUT2D eigenvalue weighted by Crippen LogP contribution is -2.01. The van der Waals surface area contributed by atoms with E-state index in [1.807, 2.05) is 6.20 Å². The molecule has 0 bridgehead atoms. The molecule has 0 fully saturated rings. The smallest absolute Gasteiger partial charge is 0.125 e. The Morgan fingerprint density at radius 3 is 2.56 bits per heavy atom. The summed E-state index contributed by atoms with van der Waals surface area (Å²) in [4.78, 5) is 7.23. The molecule has 16 heavy (non-hydrogen) atoms. The lowest BCUT2D eigenvalue weighted by Gasteiger charge is -2.09. The molecular weight excluding hydrogens is 266 g/mol. The van der Waals surface area contributed by atoms with Gasteiger partial charge in [-0.2, -0.15) is 0 Å². The highest BCUT2D eigenvalue weighted by atomic mass is 79.9. The Labute approximate surface area is 103 Å². The number of H-pyrrole nitrogens is 1. The summed E-state index contributed by atoms with van der Waals surface area (Å²) in [7, 11) is 0. The van der Waals surface area contributed by atoms with Gasteiger partial charge in [-0.25, -0.2) is 4.98 Å². The fourth-order valence-corrected chi connectivity index (χ4v) is 1.86. The number of aryl methyl sites for hydroxylation is 2. The lowest BCUT2D eigenvalue weighted by molar-refractivity contribution is 0.999. The highest BCUT2D eigenvalue weighted by molar-refractivity contribution is 9.10. The Bertz CT molecular complexity index is 454. The SMILES string of the molecule is Cc1cc(NCc2ncc[nH]2)cc(C)c1Br. The number of hydrogen-bond acceptors (Lipinski definition) is 2. The van der Waals surface area contributed by atoms with Gasteiger partial charge in [0.2, 0.25) is 0 Å². The van der Waals surface area contributed by atoms with Crippen LogP contribution in [0.1, 0.15) is 17.0 Å². The number of aromatic amines is 1. The first-order valence-corrected chi connectivity index (χ1v) is 5.95. The van der Waals surface area contributed by atoms with Crippen LogP contribution >= 0.6 is 15.9 Å². The maximum absolute atomic E-state index is 4.17. The van der Waals surface area contributed by atoms with Gasteiger partial charge in [0.15, 0.2) is 0 Å². The van der Waals surface area contributed by atoms with Gasteiger partial charge in [0.25, 0.3) is 0 Å². The zero-order valence-electron chi connectivity index (χ0n) is 9.34. The first-order valence-electron chi connectivity index (χ1n) is 5.15. The molecule has 2 N–H and O–H groups in total. The standard InChI is InChI=1S/C12H14BrN3/c1-8-5-10(6-9(2)12(8)13)16-7-11-14-3-4-15-11/h3-6,16H,7H2,1-2H3,(H,14,15). The van der Waals surface area contributed by atoms with Crippen LogP contribution in [0.5, 0.6) is 0 Å². The van der Waals surface area contributed by atoms with Crippen LogP contribution in [-0.4, -0.2) is 9.97 Å². The summed E-state index contributed by atoms with van der Waals surface area (Å²) in [5.74, 6) is 0.943. The zero-order valence-corrected chi connectivity index (χ0v) is 10.9. The predicted molar refractivity (Wildman–Crippen MR) is 69.5 cm³/mol. The molecule has 1 aromatic carbocycles. The molecule has 0 unspecified atom stereocenters. The molecule has 4 heteroatoms. The molecule has 2 aromatic rings. The topological polar surface area (TPSA) is 40.7 Å². The molecule has 0 atom stereocenters. The summed E-state index contributed by atoms with van der Waals surface area (Å²) in [5.41, 5.74) is 3.60. The fraction of sp³-hybridized carbons (Fsp3) is 0.250. The van der Waals surface area contributed by atoms with Crippen LogP contribution in [0.3, 0.4) is 0 Å². The molecule has 2 rings (SSSR count). The van der Waals surface area contributed by atoms with Crippen LogP contribution in [0.4, 0.5) is 5.69 Å². The average molecular weight is 280 g/mol. The lowest BCUT2D eigenvalue weighted by atomic mass is 10.1. The van der Waals surface area contributed by atoms with Crippen molar-refractivity contribution in [2.75, 3.05) is 5.32 Å². The Morgan fingerprint density at radius 2 is 2.00 bits per heavy atom. The van der Waals surface area contributed by atoms with E-state index in [9.17, 15) is 0 Å². The number of imidazole rings is 1. The minimum Gasteiger partial charge on any atom is -0.378 e. The summed E-state index contributed by atoms with van der Waals surface area (Å²) < 4.78 is 1.18. The summed E-state index contributed by atoms with van der Waals surface area (Å²) in [5, 5.41) is 3.34. The maximum Gasteiger partial charge on any atom is 0.125 e. The van der Waals surface area contributed by atoms with Crippen LogP contribution < -0.4 is 5.32 Å². The number of anilines is 1. The van der Waals surface area contributed by atoms with Gasteiger partial charge in [-0.05, 0) is 37.1 Å². The van der Waals surface area contributed by atoms with Gasteiger partial charge in [0.1, 0.15) is 5.82 Å². The third kappa shape index (κ3) is 2.44. The van der Waals surface area contributed by atoms with Crippen molar-refractivity contribution < 1.29 is 0 Å². The Balaban J connectivity index is 2.10. The summed E-state index contributed by atoms with van der Waals surface area (Å²) in [6.45, 7) is 4.90. The molecule has 1 aromatic heterocycles. The molecule has 0 aliphatic heterocycles. The number of hydrogen-bond donors (Lipinski definition) is 2. The molecule has 1 heterocycles. The van der Waals surface area contributed by atoms with Gasteiger partial charge < -0.3 is 10.3 Å². The highest BCUT2D eigenvalue weighted by Gasteiger charge is 2.02. The monoisotopic (exact) mass is 279 g/mol. The first kappa shape index (κ1) is 11.2. The van der Waals surface area contributed by atoms with E-state index in [1.165, 1.54) is 15.6 Å². The Morgan fingerprint density at radius 1 is 1.31 bits per heavy atom. The van der Waals surface area contributed by atoms with Crippen molar-refractivity contribution in [1.82, 2.24) is 9.97 Å². The van der Waals surface area contributed by atoms with Gasteiger partial charge in [-0.3, -0.25) is 0 Å². The number of aromatic nitrogens is 2. The summed E-state index contributed by atoms with van der Waals surface area (Å²) in [6, 6.07) is 4.25. The minimum absolute atomic E-state index is 0.716. The van der Waals surface area contributed by atoms with Crippen LogP contribution in [0.15, 0.2) is 29.0 Å². The van der Waals surface area contributed by atoms with Crippen LogP contribution in [0.25, 0.3) is 0 Å². The van der Waals surface area contributed by atoms with Crippen molar-refractivity contribution in [2.24, 2.45) is 0 Å². The van der Waals surface area contributed by atoms with Gasteiger partial charge in [0, 0.05) is 22.6 Å². The van der Waals surface area contributed by atoms with E-state index in [0.29, 0.717) is 6.54 Å². The molecule has 84 valence electrons. The van der Waals surface area contributed by atoms with Crippen molar-refractivity contribution in [3.05, 3.63) is 46.0 Å². The predicted octanol–water partition coefficient (Wildman–Crippen LogP) is 3.40. The van der Waals surface area contributed by atoms with Crippen molar-refractivity contribution in [2.45, 2.75) is 20.4 Å². The molecule has 0 spiro atoms. The second-order valence-corrected chi connectivity index (χ2v) is 4.61. The number of benzene rings is 1. The molecule has 0 amide bonds. The van der Waals surface area contributed by atoms with E-state index >= 15 is 0 Å². The summed E-state index contributed by atoms with van der Waals surface area (Å²) >= 11 is 3.56. The van der Waals surface area contributed by atoms with Crippen LogP contribution in [-0.2, 0) is 6.54 Å². The molecular formula is C12H14BrN3. The van der Waals surface area contributed by atoms with E-state index < -0.39 is 0 Å². The largest absolute Gasteiger partial charge is 0.378 e. The van der Waals surface area contributed by atoms with Crippen molar-refractivity contribution in [3.8, 4) is 0 Å². The van der Waals surface area contributed by atoms with Crippen LogP contribution in [0, 0.1) is 13.8 Å². The quantitative estimate of drug-likeness (QED) is 0.904. The molecule has 3 nitrogen and oxygen atoms in total. The first-order chi connectivity index (χ1) is 7.66. The van der Waals surface area contributed by atoms with Gasteiger partial charge in [-0.15, -0.1) is 0 Å². The molecule has 0 saturated heterocycles. The number of halogens is 1. The number of rotatable bonds is 3. The minimum atomic E-state index is 0.716. The van der Waals surface area contributed by atoms with Gasteiger partial charge in [0.05, 0.1) is 6.54 Å². The number of nitrogens with one attached hydrogen (secondary N) is 2. The van der Waals surface area contributed by atoms with Gasteiger partial charge in [-0.1, -0.05) is 15.9 Å². The van der Waals surface area contributed by atoms with Crippen molar-refractivity contribution in [3.63, 3.8) is 0 Å². The Kier molecular flexibility index (Phi) is 3.29. The molecule has 0 aliphatic rings. The number of nitrogens with zero attached hydrogens (tertiary/aromatic N) is 1. The van der Waals surface area contributed by atoms with E-state index in [1.54, 1.807) is 6.20 Å². The van der Waals surface area contributed by atoms with Crippen LogP contribution in [0.2, 0.25) is 0 Å². The van der Waals surface area contributed by atoms with Crippen molar-refractivity contribution >= 4 is 21.6 Å². The van der Waals surface area contributed by atoms with Crippen molar-refractivity contribution in [1.29, 1.82) is 0 Å². The Hall–Kier alpha value is -1.29. The third-order valence-electron chi connectivity index (χ3n) is 2.45. The fourth-order valence-electron chi connectivity index (χ4n) is 1.63. The third-order valence-corrected chi connectivity index (χ3v) is 3.70. The second-order valence-electron chi connectivity index (χ2n) is 3.81. The summed E-state index contributed by atoms with van der Waals surface area (Å²) in [6.07, 6.45) is 3.59. The molecule has 0 radical (unpaired) electrons. The molecule has 0 saturated carbocycles. The maximum atomic E-state index is 4.17. The van der Waals surface area contributed by atoms with E-state index in [0.717, 1.165) is 11.5 Å². The van der Waals surface area contributed by atoms with E-state index in [2.05, 4.69) is 57.2 Å². The zero-order chi connectivity index (χ0) is 11.5. The van der Waals surface area contributed by atoms with E-state index in [-0.39, 0.29) is 0 Å². The van der Waals surface area contributed by atoms with Gasteiger partial charge >= 0.3 is 0 Å². The average Bonchev–Trinajstić information content (AvgIpc) is 2.75. The van der Waals surface area contributed by atoms with E-state index in [4.69, 9.17) is 0 Å². The highest BCUT2D eigenvalue weighted by Crippen LogP contribution is 2.25. The normalized spacial score (nSPS) is 10.4.